The van der Waals surface area contributed by atoms with Gasteiger partial charge in [0.25, 0.3) is 0 Å². The molecule has 16 heavy (non-hydrogen) atoms. The maximum atomic E-state index is 4.50. The summed E-state index contributed by atoms with van der Waals surface area (Å²) in [5.41, 5.74) is 5.16. The van der Waals surface area contributed by atoms with Crippen molar-refractivity contribution in [1.82, 2.24) is 9.78 Å². The summed E-state index contributed by atoms with van der Waals surface area (Å²) in [7, 11) is 4.12. The van der Waals surface area contributed by atoms with Crippen LogP contribution in [-0.2, 0) is 13.5 Å². The van der Waals surface area contributed by atoms with Crippen LogP contribution in [0.4, 0.5) is 11.5 Å². The molecule has 1 aromatic carbocycles. The van der Waals surface area contributed by atoms with Crippen LogP contribution in [0.15, 0.2) is 24.3 Å². The first-order valence-corrected chi connectivity index (χ1v) is 5.52. The van der Waals surface area contributed by atoms with Crippen LogP contribution in [-0.4, -0.2) is 16.8 Å². The van der Waals surface area contributed by atoms with Crippen molar-refractivity contribution in [2.45, 2.75) is 13.3 Å². The molecule has 0 unspecified atom stereocenters. The largest absolute Gasteiger partial charge is 0.329 e. The highest BCUT2D eigenvalue weighted by Gasteiger charge is 2.24. The lowest BCUT2D eigenvalue weighted by Gasteiger charge is -2.28. The second-order valence-electron chi connectivity index (χ2n) is 4.38. The van der Waals surface area contributed by atoms with Crippen LogP contribution in [0.2, 0.25) is 0 Å². The lowest BCUT2D eigenvalue weighted by Crippen LogP contribution is -2.20. The number of aryl methyl sites for hydroxylation is 2. The van der Waals surface area contributed by atoms with E-state index < -0.39 is 0 Å². The molecule has 0 fully saturated rings. The molecule has 0 N–H and O–H groups in total. The van der Waals surface area contributed by atoms with E-state index in [1.165, 1.54) is 22.6 Å². The molecule has 1 aromatic heterocycles. The number of aromatic nitrogens is 2. The topological polar surface area (TPSA) is 21.1 Å². The van der Waals surface area contributed by atoms with Crippen LogP contribution >= 0.6 is 0 Å². The van der Waals surface area contributed by atoms with E-state index in [4.69, 9.17) is 0 Å². The molecule has 3 rings (SSSR count). The number of benzene rings is 1. The number of hydrogen-bond donors (Lipinski definition) is 0. The van der Waals surface area contributed by atoms with Crippen LogP contribution < -0.4 is 4.90 Å². The van der Waals surface area contributed by atoms with E-state index in [-0.39, 0.29) is 0 Å². The normalized spacial score (nSPS) is 13.6. The summed E-state index contributed by atoms with van der Waals surface area (Å²) in [4.78, 5) is 2.23. The van der Waals surface area contributed by atoms with Crippen molar-refractivity contribution in [2.75, 3.05) is 11.9 Å². The fraction of sp³-hybridized carbons (Fsp3) is 0.308. The third kappa shape index (κ3) is 1.11. The van der Waals surface area contributed by atoms with Gasteiger partial charge >= 0.3 is 0 Å². The highest BCUT2D eigenvalue weighted by Crippen LogP contribution is 2.38. The second-order valence-corrected chi connectivity index (χ2v) is 4.38. The number of para-hydroxylation sites is 1. The molecule has 1 aliphatic heterocycles. The first-order chi connectivity index (χ1) is 7.68. The number of anilines is 2. The zero-order chi connectivity index (χ0) is 11.3. The summed E-state index contributed by atoms with van der Waals surface area (Å²) in [5.74, 6) is 1.22. The number of fused-ring (bicyclic) bond motifs is 2. The molecular weight excluding hydrogens is 198 g/mol. The number of nitrogens with zero attached hydrogens (tertiary/aromatic N) is 3. The molecule has 2 heterocycles. The highest BCUT2D eigenvalue weighted by atomic mass is 15.4. The lowest BCUT2D eigenvalue weighted by molar-refractivity contribution is 0.749. The summed E-state index contributed by atoms with van der Waals surface area (Å²) >= 11 is 0. The molecule has 0 saturated carbocycles. The Kier molecular flexibility index (Phi) is 1.84. The van der Waals surface area contributed by atoms with Gasteiger partial charge < -0.3 is 4.90 Å². The molecular formula is C13H15N3. The van der Waals surface area contributed by atoms with Gasteiger partial charge in [-0.05, 0) is 18.6 Å². The van der Waals surface area contributed by atoms with E-state index in [0.29, 0.717) is 0 Å². The van der Waals surface area contributed by atoms with Gasteiger partial charge in [0, 0.05) is 31.8 Å². The van der Waals surface area contributed by atoms with E-state index in [0.717, 1.165) is 12.1 Å². The molecule has 0 saturated heterocycles. The van der Waals surface area contributed by atoms with Gasteiger partial charge in [-0.3, -0.25) is 4.68 Å². The van der Waals surface area contributed by atoms with Gasteiger partial charge in [0.05, 0.1) is 5.69 Å². The summed E-state index contributed by atoms with van der Waals surface area (Å²) in [5, 5.41) is 4.50. The minimum absolute atomic E-state index is 0.996. The SMILES string of the molecule is Cc1nn(C)c2c1Cc1ccccc1N2C. The molecule has 1 aliphatic rings. The molecule has 0 bridgehead atoms. The standard InChI is InChI=1S/C13H15N3/c1-9-11-8-10-6-4-5-7-12(10)15(2)13(11)16(3)14-9/h4-7H,8H2,1-3H3. The van der Waals surface area contributed by atoms with E-state index in [9.17, 15) is 0 Å². The van der Waals surface area contributed by atoms with Crippen molar-refractivity contribution < 1.29 is 0 Å². The molecule has 82 valence electrons. The second kappa shape index (κ2) is 3.11. The van der Waals surface area contributed by atoms with Gasteiger partial charge in [0.1, 0.15) is 5.82 Å². The predicted octanol–water partition coefficient (Wildman–Crippen LogP) is 2.40. The average molecular weight is 213 g/mol. The first kappa shape index (κ1) is 9.46. The van der Waals surface area contributed by atoms with Crippen molar-refractivity contribution in [3.05, 3.63) is 41.1 Å². The zero-order valence-electron chi connectivity index (χ0n) is 9.86. The van der Waals surface area contributed by atoms with Gasteiger partial charge in [-0.15, -0.1) is 0 Å². The predicted molar refractivity (Wildman–Crippen MR) is 65.3 cm³/mol. The summed E-state index contributed by atoms with van der Waals surface area (Å²) < 4.78 is 1.97. The maximum Gasteiger partial charge on any atom is 0.134 e. The van der Waals surface area contributed by atoms with Crippen LogP contribution in [0.3, 0.4) is 0 Å². The summed E-state index contributed by atoms with van der Waals surface area (Å²) in [6, 6.07) is 8.55. The van der Waals surface area contributed by atoms with E-state index in [1.54, 1.807) is 0 Å². The Hall–Kier alpha value is -1.77. The fourth-order valence-corrected chi connectivity index (χ4v) is 2.61. The van der Waals surface area contributed by atoms with Crippen LogP contribution in [0.25, 0.3) is 0 Å². The van der Waals surface area contributed by atoms with Gasteiger partial charge in [-0.2, -0.15) is 5.10 Å². The fourth-order valence-electron chi connectivity index (χ4n) is 2.61. The van der Waals surface area contributed by atoms with E-state index >= 15 is 0 Å². The zero-order valence-corrected chi connectivity index (χ0v) is 9.86. The molecule has 0 radical (unpaired) electrons. The number of hydrogen-bond acceptors (Lipinski definition) is 2. The van der Waals surface area contributed by atoms with E-state index in [2.05, 4.69) is 48.2 Å². The number of rotatable bonds is 0. The Morgan fingerprint density at radius 1 is 1.19 bits per heavy atom. The van der Waals surface area contributed by atoms with Gasteiger partial charge in [0.2, 0.25) is 0 Å². The summed E-state index contributed by atoms with van der Waals surface area (Å²) in [6.07, 6.45) is 0.996. The highest BCUT2D eigenvalue weighted by molar-refractivity contribution is 5.71. The Morgan fingerprint density at radius 3 is 2.75 bits per heavy atom. The van der Waals surface area contributed by atoms with Gasteiger partial charge in [-0.25, -0.2) is 0 Å². The van der Waals surface area contributed by atoms with Crippen LogP contribution in [0.5, 0.6) is 0 Å². The smallest absolute Gasteiger partial charge is 0.134 e. The van der Waals surface area contributed by atoms with E-state index in [1.807, 2.05) is 11.7 Å². The van der Waals surface area contributed by atoms with Gasteiger partial charge in [-0.1, -0.05) is 18.2 Å². The first-order valence-electron chi connectivity index (χ1n) is 5.52. The maximum absolute atomic E-state index is 4.50. The molecule has 3 heteroatoms. The molecule has 0 spiro atoms. The molecule has 0 atom stereocenters. The molecule has 0 aliphatic carbocycles. The summed E-state index contributed by atoms with van der Waals surface area (Å²) in [6.45, 7) is 2.08. The van der Waals surface area contributed by atoms with Crippen LogP contribution in [0, 0.1) is 6.92 Å². The monoisotopic (exact) mass is 213 g/mol. The molecule has 0 amide bonds. The van der Waals surface area contributed by atoms with Gasteiger partial charge in [0.15, 0.2) is 0 Å². The van der Waals surface area contributed by atoms with Crippen molar-refractivity contribution in [1.29, 1.82) is 0 Å². The Balaban J connectivity index is 2.24. The minimum atomic E-state index is 0.996. The lowest BCUT2D eigenvalue weighted by atomic mass is 9.98. The third-order valence-corrected chi connectivity index (χ3v) is 3.35. The van der Waals surface area contributed by atoms with Crippen molar-refractivity contribution in [2.24, 2.45) is 7.05 Å². The van der Waals surface area contributed by atoms with Crippen LogP contribution in [0.1, 0.15) is 16.8 Å². The van der Waals surface area contributed by atoms with Crippen molar-refractivity contribution in [3.63, 3.8) is 0 Å². The molecule has 3 nitrogen and oxygen atoms in total. The Bertz CT molecular complexity index is 554. The Morgan fingerprint density at radius 2 is 1.94 bits per heavy atom. The minimum Gasteiger partial charge on any atom is -0.329 e. The third-order valence-electron chi connectivity index (χ3n) is 3.35. The Labute approximate surface area is 95.3 Å². The quantitative estimate of drug-likeness (QED) is 0.670. The average Bonchev–Trinajstić information content (AvgIpc) is 2.55. The van der Waals surface area contributed by atoms with Crippen molar-refractivity contribution >= 4 is 11.5 Å². The van der Waals surface area contributed by atoms with Crippen molar-refractivity contribution in [3.8, 4) is 0 Å². The molecule has 2 aromatic rings.